The van der Waals surface area contributed by atoms with Crippen molar-refractivity contribution in [1.82, 2.24) is 0 Å². The Bertz CT molecular complexity index is 554. The Morgan fingerprint density at radius 1 is 1.16 bits per heavy atom. The van der Waals surface area contributed by atoms with E-state index >= 15 is 0 Å². The largest absolute Gasteiger partial charge is 0.330 e. The molecule has 0 heterocycles. The number of thioether (sulfide) groups is 1. The van der Waals surface area contributed by atoms with Gasteiger partial charge >= 0.3 is 0 Å². The van der Waals surface area contributed by atoms with Crippen molar-refractivity contribution in [3.63, 3.8) is 0 Å². The number of aryl methyl sites for hydroxylation is 1. The van der Waals surface area contributed by atoms with E-state index in [1.807, 2.05) is 30.0 Å². The van der Waals surface area contributed by atoms with E-state index in [-0.39, 0.29) is 0 Å². The quantitative estimate of drug-likeness (QED) is 0.824. The molecule has 0 atom stereocenters. The molecule has 100 valence electrons. The normalized spacial score (nSPS) is 10.7. The Morgan fingerprint density at radius 3 is 2.63 bits per heavy atom. The minimum absolute atomic E-state index is 0.700. The maximum atomic E-state index is 6.17. The molecular formula is C16H18ClNS. The number of nitrogens with two attached hydrogens (primary N) is 1. The number of hydrogen-bond donors (Lipinski definition) is 1. The van der Waals surface area contributed by atoms with Crippen LogP contribution in [0.3, 0.4) is 0 Å². The summed E-state index contributed by atoms with van der Waals surface area (Å²) in [6.07, 6.45) is 0.941. The van der Waals surface area contributed by atoms with Crippen molar-refractivity contribution in [2.75, 3.05) is 6.54 Å². The topological polar surface area (TPSA) is 26.0 Å². The summed E-state index contributed by atoms with van der Waals surface area (Å²) in [6.45, 7) is 2.85. The molecule has 2 N–H and O–H groups in total. The van der Waals surface area contributed by atoms with Gasteiger partial charge in [-0.25, -0.2) is 0 Å². The third-order valence-electron chi connectivity index (χ3n) is 3.01. The van der Waals surface area contributed by atoms with E-state index in [4.69, 9.17) is 17.3 Å². The summed E-state index contributed by atoms with van der Waals surface area (Å²) in [5.74, 6) is 0.900. The predicted octanol–water partition coefficient (Wildman–Crippen LogP) is 4.44. The molecular weight excluding hydrogens is 274 g/mol. The second kappa shape index (κ2) is 6.99. The summed E-state index contributed by atoms with van der Waals surface area (Å²) >= 11 is 7.99. The van der Waals surface area contributed by atoms with Crippen LogP contribution < -0.4 is 5.73 Å². The molecule has 0 saturated heterocycles. The molecule has 19 heavy (non-hydrogen) atoms. The van der Waals surface area contributed by atoms with Crippen molar-refractivity contribution in [3.8, 4) is 0 Å². The summed E-state index contributed by atoms with van der Waals surface area (Å²) < 4.78 is 0. The van der Waals surface area contributed by atoms with Gasteiger partial charge in [-0.3, -0.25) is 0 Å². The van der Waals surface area contributed by atoms with Gasteiger partial charge in [-0.1, -0.05) is 41.9 Å². The Morgan fingerprint density at radius 2 is 1.95 bits per heavy atom. The first-order valence-electron chi connectivity index (χ1n) is 6.36. The van der Waals surface area contributed by atoms with Crippen LogP contribution in [0.25, 0.3) is 0 Å². The maximum absolute atomic E-state index is 6.17. The van der Waals surface area contributed by atoms with Gasteiger partial charge in [0.2, 0.25) is 0 Å². The lowest BCUT2D eigenvalue weighted by molar-refractivity contribution is 0.963. The first-order chi connectivity index (χ1) is 9.20. The highest BCUT2D eigenvalue weighted by Crippen LogP contribution is 2.29. The summed E-state index contributed by atoms with van der Waals surface area (Å²) in [6, 6.07) is 14.6. The van der Waals surface area contributed by atoms with E-state index in [0.717, 1.165) is 17.2 Å². The summed E-state index contributed by atoms with van der Waals surface area (Å²) in [5, 5.41) is 0.840. The molecule has 0 bridgehead atoms. The van der Waals surface area contributed by atoms with Crippen LogP contribution in [0.5, 0.6) is 0 Å². The van der Waals surface area contributed by atoms with Gasteiger partial charge < -0.3 is 5.73 Å². The Hall–Kier alpha value is -0.960. The molecule has 0 aliphatic carbocycles. The third kappa shape index (κ3) is 4.00. The number of benzene rings is 2. The Kier molecular flexibility index (Phi) is 5.32. The van der Waals surface area contributed by atoms with Gasteiger partial charge in [-0.05, 0) is 48.7 Å². The van der Waals surface area contributed by atoms with Crippen LogP contribution in [0.1, 0.15) is 16.7 Å². The molecule has 2 rings (SSSR count). The van der Waals surface area contributed by atoms with E-state index in [1.54, 1.807) is 0 Å². The van der Waals surface area contributed by atoms with Crippen LogP contribution in [0.2, 0.25) is 5.02 Å². The molecule has 0 spiro atoms. The van der Waals surface area contributed by atoms with E-state index < -0.39 is 0 Å². The number of halogens is 1. The van der Waals surface area contributed by atoms with Crippen molar-refractivity contribution < 1.29 is 0 Å². The molecule has 3 heteroatoms. The lowest BCUT2D eigenvalue weighted by atomic mass is 10.1. The molecule has 0 unspecified atom stereocenters. The van der Waals surface area contributed by atoms with Crippen molar-refractivity contribution >= 4 is 23.4 Å². The van der Waals surface area contributed by atoms with Crippen molar-refractivity contribution in [2.24, 2.45) is 5.73 Å². The smallest absolute Gasteiger partial charge is 0.0446 e. The average Bonchev–Trinajstić information content (AvgIpc) is 2.40. The lowest BCUT2D eigenvalue weighted by Crippen LogP contribution is -2.02. The van der Waals surface area contributed by atoms with Crippen LogP contribution in [-0.4, -0.2) is 6.54 Å². The molecule has 2 aromatic rings. The van der Waals surface area contributed by atoms with E-state index in [1.165, 1.54) is 21.6 Å². The first-order valence-corrected chi connectivity index (χ1v) is 7.73. The molecule has 0 aliphatic heterocycles. The molecule has 0 radical (unpaired) electrons. The molecule has 0 fully saturated rings. The van der Waals surface area contributed by atoms with Gasteiger partial charge in [0.1, 0.15) is 0 Å². The second-order valence-electron chi connectivity index (χ2n) is 4.52. The van der Waals surface area contributed by atoms with Gasteiger partial charge in [0.25, 0.3) is 0 Å². The lowest BCUT2D eigenvalue weighted by Gasteiger charge is -2.09. The van der Waals surface area contributed by atoms with E-state index in [9.17, 15) is 0 Å². The average molecular weight is 292 g/mol. The second-order valence-corrected chi connectivity index (χ2v) is 5.94. The highest BCUT2D eigenvalue weighted by Gasteiger charge is 2.04. The highest BCUT2D eigenvalue weighted by molar-refractivity contribution is 7.98. The summed E-state index contributed by atoms with van der Waals surface area (Å²) in [4.78, 5) is 1.31. The van der Waals surface area contributed by atoms with Crippen molar-refractivity contribution in [3.05, 3.63) is 64.2 Å². The Labute approximate surface area is 124 Å². The number of rotatable bonds is 5. The van der Waals surface area contributed by atoms with Gasteiger partial charge in [-0.15, -0.1) is 11.8 Å². The molecule has 0 aliphatic rings. The van der Waals surface area contributed by atoms with E-state index in [0.29, 0.717) is 6.54 Å². The van der Waals surface area contributed by atoms with Crippen LogP contribution in [0.4, 0.5) is 0 Å². The zero-order valence-electron chi connectivity index (χ0n) is 11.0. The van der Waals surface area contributed by atoms with Crippen LogP contribution in [0, 0.1) is 6.92 Å². The fourth-order valence-electron chi connectivity index (χ4n) is 1.97. The summed E-state index contributed by atoms with van der Waals surface area (Å²) in [7, 11) is 0. The minimum atomic E-state index is 0.700. The van der Waals surface area contributed by atoms with Gasteiger partial charge in [0, 0.05) is 15.7 Å². The SMILES string of the molecule is Cc1cc(CCN)ccc1SCc1ccccc1Cl. The maximum Gasteiger partial charge on any atom is 0.0446 e. The van der Waals surface area contributed by atoms with Crippen LogP contribution in [-0.2, 0) is 12.2 Å². The monoisotopic (exact) mass is 291 g/mol. The summed E-state index contributed by atoms with van der Waals surface area (Å²) in [5.41, 5.74) is 9.38. The van der Waals surface area contributed by atoms with Crippen molar-refractivity contribution in [2.45, 2.75) is 24.0 Å². The zero-order chi connectivity index (χ0) is 13.7. The predicted molar refractivity (Wildman–Crippen MR) is 85.0 cm³/mol. The Balaban J connectivity index is 2.06. The standard InChI is InChI=1S/C16H18ClNS/c1-12-10-13(8-9-18)6-7-16(12)19-11-14-4-2-3-5-15(14)17/h2-7,10H,8-9,11,18H2,1H3. The number of hydrogen-bond acceptors (Lipinski definition) is 2. The fraction of sp³-hybridized carbons (Fsp3) is 0.250. The van der Waals surface area contributed by atoms with E-state index in [2.05, 4.69) is 31.2 Å². The minimum Gasteiger partial charge on any atom is -0.330 e. The van der Waals surface area contributed by atoms with Crippen molar-refractivity contribution in [1.29, 1.82) is 0 Å². The molecule has 0 aromatic heterocycles. The fourth-order valence-corrected chi connectivity index (χ4v) is 3.26. The zero-order valence-corrected chi connectivity index (χ0v) is 12.6. The van der Waals surface area contributed by atoms with Crippen LogP contribution >= 0.6 is 23.4 Å². The van der Waals surface area contributed by atoms with Gasteiger partial charge in [0.15, 0.2) is 0 Å². The molecule has 2 aromatic carbocycles. The third-order valence-corrected chi connectivity index (χ3v) is 4.61. The highest BCUT2D eigenvalue weighted by atomic mass is 35.5. The first kappa shape index (κ1) is 14.4. The van der Waals surface area contributed by atoms with Crippen LogP contribution in [0.15, 0.2) is 47.4 Å². The van der Waals surface area contributed by atoms with Gasteiger partial charge in [-0.2, -0.15) is 0 Å². The molecule has 0 saturated carbocycles. The molecule has 1 nitrogen and oxygen atoms in total. The van der Waals surface area contributed by atoms with Gasteiger partial charge in [0.05, 0.1) is 0 Å². The molecule has 0 amide bonds.